The lowest BCUT2D eigenvalue weighted by Crippen LogP contribution is -2.45. The van der Waals surface area contributed by atoms with Gasteiger partial charge in [-0.05, 0) is 37.5 Å². The highest BCUT2D eigenvalue weighted by Gasteiger charge is 2.29. The monoisotopic (exact) mass is 252 g/mol. The number of aliphatic hydroxyl groups excluding tert-OH is 1. The number of carbonyl (C=O) groups is 1. The molecule has 18 heavy (non-hydrogen) atoms. The summed E-state index contributed by atoms with van der Waals surface area (Å²) in [6.45, 7) is 0.164. The molecule has 0 aromatic heterocycles. The van der Waals surface area contributed by atoms with Crippen LogP contribution in [0.3, 0.4) is 0 Å². The predicted octanol–water partition coefficient (Wildman–Crippen LogP) is 1.39. The van der Waals surface area contributed by atoms with Gasteiger partial charge in [0.15, 0.2) is 0 Å². The molecule has 0 heterocycles. The highest BCUT2D eigenvalue weighted by atomic mass is 19.1. The second kappa shape index (κ2) is 5.35. The van der Waals surface area contributed by atoms with E-state index in [2.05, 4.69) is 0 Å². The second-order valence-electron chi connectivity index (χ2n) is 4.54. The minimum Gasteiger partial charge on any atom is -0.398 e. The van der Waals surface area contributed by atoms with E-state index in [1.165, 1.54) is 12.1 Å². The number of amides is 1. The van der Waals surface area contributed by atoms with E-state index in [1.807, 2.05) is 0 Å². The van der Waals surface area contributed by atoms with Crippen molar-refractivity contribution in [2.45, 2.75) is 25.3 Å². The first-order valence-electron chi connectivity index (χ1n) is 6.10. The Bertz CT molecular complexity index is 447. The fourth-order valence-corrected chi connectivity index (χ4v) is 2.12. The number of anilines is 1. The third-order valence-electron chi connectivity index (χ3n) is 3.36. The van der Waals surface area contributed by atoms with E-state index in [4.69, 9.17) is 10.8 Å². The van der Waals surface area contributed by atoms with Gasteiger partial charge in [-0.1, -0.05) is 0 Å². The largest absolute Gasteiger partial charge is 0.398 e. The van der Waals surface area contributed by atoms with Crippen LogP contribution in [-0.4, -0.2) is 35.1 Å². The van der Waals surface area contributed by atoms with E-state index < -0.39 is 5.82 Å². The zero-order valence-electron chi connectivity index (χ0n) is 10.1. The normalized spacial score (nSPS) is 15.2. The van der Waals surface area contributed by atoms with Gasteiger partial charge in [-0.25, -0.2) is 4.39 Å². The molecular formula is C13H17FN2O2. The van der Waals surface area contributed by atoms with Crippen LogP contribution in [0, 0.1) is 5.82 Å². The highest BCUT2D eigenvalue weighted by molar-refractivity contribution is 5.99. The Labute approximate surface area is 105 Å². The summed E-state index contributed by atoms with van der Waals surface area (Å²) in [5, 5.41) is 9.03. The summed E-state index contributed by atoms with van der Waals surface area (Å²) >= 11 is 0. The maximum Gasteiger partial charge on any atom is 0.256 e. The van der Waals surface area contributed by atoms with Crippen LogP contribution in [0.25, 0.3) is 0 Å². The Morgan fingerprint density at radius 2 is 2.22 bits per heavy atom. The van der Waals surface area contributed by atoms with Crippen molar-refractivity contribution in [3.63, 3.8) is 0 Å². The number of nitrogens with zero attached hydrogens (tertiary/aromatic N) is 1. The Morgan fingerprint density at radius 3 is 2.78 bits per heavy atom. The van der Waals surface area contributed by atoms with Crippen LogP contribution in [0.4, 0.5) is 10.1 Å². The van der Waals surface area contributed by atoms with Crippen molar-refractivity contribution in [1.29, 1.82) is 0 Å². The van der Waals surface area contributed by atoms with Crippen LogP contribution in [-0.2, 0) is 0 Å². The van der Waals surface area contributed by atoms with Gasteiger partial charge in [0.25, 0.3) is 5.91 Å². The molecule has 0 radical (unpaired) electrons. The van der Waals surface area contributed by atoms with Gasteiger partial charge in [-0.15, -0.1) is 0 Å². The maximum atomic E-state index is 13.2. The average molecular weight is 252 g/mol. The molecule has 0 aliphatic heterocycles. The SMILES string of the molecule is Nc1ccc(F)cc1C(=O)N(CCO)C1CCC1. The van der Waals surface area contributed by atoms with Crippen LogP contribution in [0.1, 0.15) is 29.6 Å². The van der Waals surface area contributed by atoms with Crippen molar-refractivity contribution in [2.75, 3.05) is 18.9 Å². The average Bonchev–Trinajstić information content (AvgIpc) is 2.28. The summed E-state index contributed by atoms with van der Waals surface area (Å²) in [5.74, 6) is -0.782. The van der Waals surface area contributed by atoms with Gasteiger partial charge in [0.05, 0.1) is 12.2 Å². The lowest BCUT2D eigenvalue weighted by Gasteiger charge is -2.37. The lowest BCUT2D eigenvalue weighted by molar-refractivity contribution is 0.0526. The Balaban J connectivity index is 2.23. The number of hydrogen-bond acceptors (Lipinski definition) is 3. The predicted molar refractivity (Wildman–Crippen MR) is 66.6 cm³/mol. The summed E-state index contributed by atoms with van der Waals surface area (Å²) in [7, 11) is 0. The summed E-state index contributed by atoms with van der Waals surface area (Å²) < 4.78 is 13.2. The Morgan fingerprint density at radius 1 is 1.50 bits per heavy atom. The van der Waals surface area contributed by atoms with E-state index in [0.29, 0.717) is 0 Å². The number of halogens is 1. The number of benzene rings is 1. The molecule has 0 atom stereocenters. The molecule has 3 N–H and O–H groups in total. The smallest absolute Gasteiger partial charge is 0.256 e. The number of nitrogens with two attached hydrogens (primary N) is 1. The zero-order chi connectivity index (χ0) is 13.1. The topological polar surface area (TPSA) is 66.6 Å². The minimum atomic E-state index is -0.481. The van der Waals surface area contributed by atoms with Crippen LogP contribution >= 0.6 is 0 Å². The number of nitrogen functional groups attached to an aromatic ring is 1. The minimum absolute atomic E-state index is 0.0997. The third-order valence-corrected chi connectivity index (χ3v) is 3.36. The third kappa shape index (κ3) is 2.46. The first kappa shape index (κ1) is 12.8. The van der Waals surface area contributed by atoms with Gasteiger partial charge in [0.2, 0.25) is 0 Å². The van der Waals surface area contributed by atoms with E-state index in [-0.39, 0.29) is 36.4 Å². The molecule has 5 heteroatoms. The quantitative estimate of drug-likeness (QED) is 0.796. The van der Waals surface area contributed by atoms with E-state index in [1.54, 1.807) is 4.90 Å². The Kier molecular flexibility index (Phi) is 3.81. The zero-order valence-corrected chi connectivity index (χ0v) is 10.1. The highest BCUT2D eigenvalue weighted by Crippen LogP contribution is 2.27. The molecule has 1 aliphatic rings. The molecule has 4 nitrogen and oxygen atoms in total. The molecule has 2 rings (SSSR count). The fourth-order valence-electron chi connectivity index (χ4n) is 2.12. The molecule has 0 unspecified atom stereocenters. The van der Waals surface area contributed by atoms with Gasteiger partial charge in [0.1, 0.15) is 5.82 Å². The Hall–Kier alpha value is -1.62. The first-order valence-corrected chi connectivity index (χ1v) is 6.10. The van der Waals surface area contributed by atoms with Crippen LogP contribution in [0.2, 0.25) is 0 Å². The van der Waals surface area contributed by atoms with E-state index in [0.717, 1.165) is 25.3 Å². The molecule has 1 aromatic carbocycles. The van der Waals surface area contributed by atoms with Crippen LogP contribution in [0.15, 0.2) is 18.2 Å². The van der Waals surface area contributed by atoms with Gasteiger partial charge in [0, 0.05) is 18.3 Å². The summed E-state index contributed by atoms with van der Waals surface area (Å²) in [6.07, 6.45) is 2.94. The van der Waals surface area contributed by atoms with Crippen molar-refractivity contribution >= 4 is 11.6 Å². The fraction of sp³-hybridized carbons (Fsp3) is 0.462. The second-order valence-corrected chi connectivity index (χ2v) is 4.54. The first-order chi connectivity index (χ1) is 8.63. The number of hydrogen-bond donors (Lipinski definition) is 2. The van der Waals surface area contributed by atoms with Crippen molar-refractivity contribution in [2.24, 2.45) is 0 Å². The van der Waals surface area contributed by atoms with Crippen molar-refractivity contribution in [3.05, 3.63) is 29.6 Å². The van der Waals surface area contributed by atoms with Gasteiger partial charge in [-0.3, -0.25) is 4.79 Å². The molecule has 0 bridgehead atoms. The standard InChI is InChI=1S/C13H17FN2O2/c14-9-4-5-12(15)11(8-9)13(18)16(6-7-17)10-2-1-3-10/h4-5,8,10,17H,1-3,6-7,15H2. The van der Waals surface area contributed by atoms with Gasteiger partial charge < -0.3 is 15.7 Å². The van der Waals surface area contributed by atoms with Crippen LogP contribution < -0.4 is 5.73 Å². The molecule has 1 aromatic rings. The maximum absolute atomic E-state index is 13.2. The van der Waals surface area contributed by atoms with Crippen molar-refractivity contribution in [3.8, 4) is 0 Å². The van der Waals surface area contributed by atoms with Gasteiger partial charge >= 0.3 is 0 Å². The molecule has 0 saturated heterocycles. The molecule has 1 saturated carbocycles. The molecular weight excluding hydrogens is 235 g/mol. The van der Waals surface area contributed by atoms with E-state index in [9.17, 15) is 9.18 Å². The summed E-state index contributed by atoms with van der Waals surface area (Å²) in [5.41, 5.74) is 6.15. The van der Waals surface area contributed by atoms with Crippen molar-refractivity contribution < 1.29 is 14.3 Å². The number of carbonyl (C=O) groups excluding carboxylic acids is 1. The van der Waals surface area contributed by atoms with E-state index >= 15 is 0 Å². The van der Waals surface area contributed by atoms with Crippen LogP contribution in [0.5, 0.6) is 0 Å². The molecule has 0 spiro atoms. The summed E-state index contributed by atoms with van der Waals surface area (Å²) in [4.78, 5) is 13.9. The molecule has 1 aliphatic carbocycles. The molecule has 98 valence electrons. The number of rotatable bonds is 4. The lowest BCUT2D eigenvalue weighted by atomic mass is 9.91. The summed E-state index contributed by atoms with van der Waals surface area (Å²) in [6, 6.07) is 3.92. The molecule has 1 amide bonds. The van der Waals surface area contributed by atoms with Crippen molar-refractivity contribution in [1.82, 2.24) is 4.90 Å². The number of aliphatic hydroxyl groups is 1. The molecule has 1 fully saturated rings. The van der Waals surface area contributed by atoms with Gasteiger partial charge in [-0.2, -0.15) is 0 Å².